The number of benzene rings is 6. The predicted molar refractivity (Wildman–Crippen MR) is 455 cm³/mol. The monoisotopic (exact) mass is 1590 g/mol. The third-order valence-corrected chi connectivity index (χ3v) is 18.1. The summed E-state index contributed by atoms with van der Waals surface area (Å²) in [7, 11) is 11.5. The summed E-state index contributed by atoms with van der Waals surface area (Å²) in [5, 5.41) is 0. The van der Waals surface area contributed by atoms with Gasteiger partial charge in [0.25, 0.3) is 0 Å². The molecule has 0 bridgehead atoms. The van der Waals surface area contributed by atoms with Gasteiger partial charge in [0.15, 0.2) is 0 Å². The molecule has 0 heterocycles. The van der Waals surface area contributed by atoms with Gasteiger partial charge in [-0.05, 0) is 196 Å². The first-order chi connectivity index (χ1) is 53.6. The Hall–Kier alpha value is -6.44. The Labute approximate surface area is 682 Å². The van der Waals surface area contributed by atoms with E-state index < -0.39 is 0 Å². The minimum Gasteiger partial charge on any atom is -0.496 e. The number of hydrogen-bond acceptors (Lipinski definition) is 13. The highest BCUT2D eigenvalue weighted by molar-refractivity contribution is 5.40. The molecule has 1 saturated carbocycles. The molecular formula is C96H150F4O13. The molecule has 0 aromatic heterocycles. The van der Waals surface area contributed by atoms with Crippen molar-refractivity contribution >= 4 is 0 Å². The molecule has 6 atom stereocenters. The van der Waals surface area contributed by atoms with E-state index in [0.29, 0.717) is 109 Å². The smallest absolute Gasteiger partial charge is 0.124 e. The molecule has 6 aromatic carbocycles. The Morgan fingerprint density at radius 3 is 0.894 bits per heavy atom. The van der Waals surface area contributed by atoms with E-state index >= 15 is 0 Å². The van der Waals surface area contributed by atoms with Gasteiger partial charge in [-0.25, -0.2) is 17.6 Å². The van der Waals surface area contributed by atoms with Gasteiger partial charge in [0.2, 0.25) is 0 Å². The van der Waals surface area contributed by atoms with E-state index in [2.05, 4.69) is 150 Å². The molecule has 7 rings (SSSR count). The Morgan fingerprint density at radius 2 is 0.602 bits per heavy atom. The second kappa shape index (κ2) is 56.8. The van der Waals surface area contributed by atoms with Crippen molar-refractivity contribution in [3.05, 3.63) is 178 Å². The molecule has 0 spiro atoms. The largest absolute Gasteiger partial charge is 0.496 e. The second-order valence-corrected chi connectivity index (χ2v) is 33.8. The van der Waals surface area contributed by atoms with Gasteiger partial charge < -0.3 is 61.6 Å². The molecule has 113 heavy (non-hydrogen) atoms. The Balaban J connectivity index is 0.000000461. The van der Waals surface area contributed by atoms with Gasteiger partial charge in [-0.2, -0.15) is 0 Å². The van der Waals surface area contributed by atoms with Crippen LogP contribution in [0.2, 0.25) is 0 Å². The lowest BCUT2D eigenvalue weighted by molar-refractivity contribution is -0.0411. The molecule has 6 aromatic rings. The van der Waals surface area contributed by atoms with Crippen molar-refractivity contribution < 1.29 is 79.1 Å². The summed E-state index contributed by atoms with van der Waals surface area (Å²) in [6, 6.07) is 34.7. The fourth-order valence-electron chi connectivity index (χ4n) is 12.8. The Morgan fingerprint density at radius 1 is 0.319 bits per heavy atom. The first kappa shape index (κ1) is 103. The summed E-state index contributed by atoms with van der Waals surface area (Å²) in [5.41, 5.74) is 5.59. The topological polar surface area (TPSA) is 120 Å². The highest BCUT2D eigenvalue weighted by Gasteiger charge is 2.28. The first-order valence-electron chi connectivity index (χ1n) is 41.4. The Kier molecular flexibility index (Phi) is 51.6. The number of methoxy groups -OCH3 is 7. The van der Waals surface area contributed by atoms with Crippen LogP contribution in [0.15, 0.2) is 121 Å². The molecule has 0 N–H and O–H groups in total. The third kappa shape index (κ3) is 42.3. The lowest BCUT2D eigenvalue weighted by Crippen LogP contribution is -2.21. The summed E-state index contributed by atoms with van der Waals surface area (Å²) in [6.07, 6.45) is 12.0. The van der Waals surface area contributed by atoms with Crippen molar-refractivity contribution in [2.24, 2.45) is 52.8 Å². The van der Waals surface area contributed by atoms with Gasteiger partial charge in [0.05, 0.1) is 105 Å². The highest BCUT2D eigenvalue weighted by Crippen LogP contribution is 2.40. The van der Waals surface area contributed by atoms with E-state index in [1.165, 1.54) is 86.2 Å². The van der Waals surface area contributed by atoms with Crippen molar-refractivity contribution in [2.75, 3.05) is 89.4 Å². The van der Waals surface area contributed by atoms with E-state index in [0.717, 1.165) is 84.4 Å². The van der Waals surface area contributed by atoms with Crippen LogP contribution in [0, 0.1) is 76.0 Å². The van der Waals surface area contributed by atoms with Crippen LogP contribution in [-0.4, -0.2) is 95.5 Å². The lowest BCUT2D eigenvalue weighted by Gasteiger charge is -2.29. The van der Waals surface area contributed by atoms with Crippen LogP contribution in [0.5, 0.6) is 34.5 Å². The van der Waals surface area contributed by atoms with Gasteiger partial charge in [0, 0.05) is 60.3 Å². The maximum atomic E-state index is 13.5. The zero-order valence-electron chi connectivity index (χ0n) is 74.5. The molecule has 1 aliphatic carbocycles. The number of rotatable bonds is 40. The van der Waals surface area contributed by atoms with Gasteiger partial charge >= 0.3 is 0 Å². The average molecular weight is 1590 g/mol. The number of halogens is 4. The molecular weight excluding hydrogens is 1440 g/mol. The van der Waals surface area contributed by atoms with Crippen LogP contribution in [0.3, 0.4) is 0 Å². The van der Waals surface area contributed by atoms with Gasteiger partial charge in [-0.15, -0.1) is 0 Å². The first-order valence-corrected chi connectivity index (χ1v) is 41.4. The zero-order valence-corrected chi connectivity index (χ0v) is 74.5. The van der Waals surface area contributed by atoms with Gasteiger partial charge in [0.1, 0.15) is 57.8 Å². The summed E-state index contributed by atoms with van der Waals surface area (Å²) in [4.78, 5) is 0. The van der Waals surface area contributed by atoms with Crippen molar-refractivity contribution in [2.45, 2.75) is 252 Å². The normalized spacial score (nSPS) is 14.0. The fraction of sp³-hybridized carbons (Fsp3) is 0.625. The molecule has 1 fully saturated rings. The minimum atomic E-state index is -0.278. The van der Waals surface area contributed by atoms with E-state index in [4.69, 9.17) is 61.6 Å². The molecule has 0 unspecified atom stereocenters. The van der Waals surface area contributed by atoms with Gasteiger partial charge in [-0.3, -0.25) is 0 Å². The lowest BCUT2D eigenvalue weighted by atomic mass is 9.95. The summed E-state index contributed by atoms with van der Waals surface area (Å²) in [6.45, 7) is 46.5. The Bertz CT molecular complexity index is 3360. The summed E-state index contributed by atoms with van der Waals surface area (Å²) in [5.74, 6) is 7.56. The zero-order chi connectivity index (χ0) is 84.8. The van der Waals surface area contributed by atoms with Crippen LogP contribution in [0.4, 0.5) is 17.6 Å². The summed E-state index contributed by atoms with van der Waals surface area (Å²) >= 11 is 0. The van der Waals surface area contributed by atoms with E-state index in [-0.39, 0.29) is 65.3 Å². The molecule has 0 radical (unpaired) electrons. The van der Waals surface area contributed by atoms with Crippen LogP contribution in [0.25, 0.3) is 0 Å². The number of hydrogen-bond donors (Lipinski definition) is 0. The maximum absolute atomic E-state index is 13.5. The van der Waals surface area contributed by atoms with Crippen LogP contribution in [0.1, 0.15) is 279 Å². The molecule has 0 saturated heterocycles. The summed E-state index contributed by atoms with van der Waals surface area (Å²) < 4.78 is 127. The van der Waals surface area contributed by atoms with Crippen molar-refractivity contribution in [3.8, 4) is 34.5 Å². The van der Waals surface area contributed by atoms with E-state index in [9.17, 15) is 17.6 Å². The fourth-order valence-corrected chi connectivity index (χ4v) is 12.8. The molecule has 1 aliphatic rings. The predicted octanol–water partition coefficient (Wildman–Crippen LogP) is 26.7. The molecule has 640 valence electrons. The maximum Gasteiger partial charge on any atom is 0.124 e. The molecule has 17 heteroatoms. The van der Waals surface area contributed by atoms with Crippen LogP contribution in [-0.2, 0) is 33.2 Å². The number of ether oxygens (including phenoxy) is 13. The molecule has 0 aliphatic heterocycles. The number of para-hydroxylation sites is 2. The van der Waals surface area contributed by atoms with E-state index in [1.807, 2.05) is 37.3 Å². The van der Waals surface area contributed by atoms with Crippen LogP contribution < -0.4 is 28.4 Å². The molecule has 0 amide bonds. The van der Waals surface area contributed by atoms with Gasteiger partial charge in [-0.1, -0.05) is 187 Å². The second-order valence-electron chi connectivity index (χ2n) is 33.8. The SMILES string of the molecule is CCO[C@@H](CC(C)C)c1ccccc1OC.COCCO[C@@H](CC(C)C)c1cc(F)ccc1OC.COc1ccc(F)cc1[C@H](CC(C)C)OCC(C)(C)C.COc1ccc(F)cc1[C@H](CC(C)C)OCC(C)C.COc1ccc(F)cc1[C@H](CC(C)C)OCC(C)C.COc1ccccc1[C@H](CC(C)C)OC1CCCCC1. The third-order valence-electron chi connectivity index (χ3n) is 18.1. The minimum absolute atomic E-state index is 0.0792. The van der Waals surface area contributed by atoms with Crippen molar-refractivity contribution in [1.29, 1.82) is 0 Å². The quantitative estimate of drug-likeness (QED) is 0.0268. The molecule has 13 nitrogen and oxygen atoms in total. The standard InChI is InChI=1S/C18H28O2.C17H27FO2.2C16H25FO2.C15H23FO3.C14H22O2/c1-14(2)13-18(20-15-9-5-4-6-10-15)16-11-7-8-12-17(16)19-3;1-12(2)9-16(20-11-17(3,4)5)14-10-13(18)7-8-15(14)19-6;2*1-11(2)8-16(19-10-12(3)4)14-9-13(17)6-7-15(14)18-5;1-11(2)9-15(19-8-7-17-3)13-10-12(16)5-6-14(13)18-4;1-5-16-14(10-11(2)3)12-8-6-7-9-13(12)15-4/h7-8,11-12,14-15,18H,4-6,9-10,13H2,1-3H3;7-8,10,12,16H,9,11H2,1-6H3;2*6-7,9,11-12,16H,8,10H2,1-5H3;5-6,10-11,15H,7-9H2,1-4H3;6-9,11,14H,5,10H2,1-4H3/t18-;3*16-;15-;14-/m000000/s1. The van der Waals surface area contributed by atoms with Crippen molar-refractivity contribution in [1.82, 2.24) is 0 Å². The van der Waals surface area contributed by atoms with Crippen molar-refractivity contribution in [3.63, 3.8) is 0 Å². The highest BCUT2D eigenvalue weighted by atomic mass is 19.1. The van der Waals surface area contributed by atoms with E-state index in [1.54, 1.807) is 74.0 Å². The average Bonchev–Trinajstić information content (AvgIpc) is 0.743. The van der Waals surface area contributed by atoms with Crippen LogP contribution >= 0.6 is 0 Å².